The van der Waals surface area contributed by atoms with Gasteiger partial charge in [0.25, 0.3) is 0 Å². The third kappa shape index (κ3) is 4.43. The van der Waals surface area contributed by atoms with Gasteiger partial charge in [-0.15, -0.1) is 0 Å². The second-order valence-corrected chi connectivity index (χ2v) is 18.3. The van der Waals surface area contributed by atoms with Crippen LogP contribution >= 0.6 is 11.3 Å². The molecule has 34 heavy (non-hydrogen) atoms. The third-order valence-electron chi connectivity index (χ3n) is 5.90. The Morgan fingerprint density at radius 1 is 0.676 bits per heavy atom. The van der Waals surface area contributed by atoms with Crippen molar-refractivity contribution >= 4 is 46.8 Å². The van der Waals surface area contributed by atoms with E-state index in [4.69, 9.17) is 3.07 Å². The number of hydrogen-bond donors (Lipinski definition) is 0. The molecule has 1 unspecified atom stereocenters. The summed E-state index contributed by atoms with van der Waals surface area (Å²) in [7, 11) is 0. The molecule has 0 amide bonds. The van der Waals surface area contributed by atoms with Crippen LogP contribution in [0.3, 0.4) is 0 Å². The molecular formula is C29H23NO2SSn. The molecule has 2 aromatic heterocycles. The summed E-state index contributed by atoms with van der Waals surface area (Å²) in [5.74, 6) is -0.726. The standard InChI is InChI=1S/C11H9NO2S.3C6H5.Sn/c13-11(14)10(9-2-1-7-15-9)8-3-5-12-6-4-8;3*1-2-4-6-5-3-1;/h1-7,10H,(H,13,14);3*1-5H;/q;;;;+1/p-1. The van der Waals surface area contributed by atoms with Gasteiger partial charge in [-0.3, -0.25) is 0 Å². The van der Waals surface area contributed by atoms with E-state index < -0.39 is 24.7 Å². The van der Waals surface area contributed by atoms with Crippen LogP contribution in [0.2, 0.25) is 0 Å². The van der Waals surface area contributed by atoms with Gasteiger partial charge in [-0.2, -0.15) is 0 Å². The van der Waals surface area contributed by atoms with Crippen molar-refractivity contribution in [2.75, 3.05) is 0 Å². The average Bonchev–Trinajstić information content (AvgIpc) is 3.44. The maximum atomic E-state index is 14.2. The van der Waals surface area contributed by atoms with Crippen LogP contribution in [0.25, 0.3) is 0 Å². The summed E-state index contributed by atoms with van der Waals surface area (Å²) < 4.78 is 10.2. The van der Waals surface area contributed by atoms with Gasteiger partial charge >= 0.3 is 209 Å². The van der Waals surface area contributed by atoms with Crippen LogP contribution in [0, 0.1) is 0 Å². The van der Waals surface area contributed by atoms with Gasteiger partial charge < -0.3 is 0 Å². The fraction of sp³-hybridized carbons (Fsp3) is 0.0345. The van der Waals surface area contributed by atoms with Crippen molar-refractivity contribution < 1.29 is 7.87 Å². The van der Waals surface area contributed by atoms with Crippen molar-refractivity contribution in [3.05, 3.63) is 143 Å². The quantitative estimate of drug-likeness (QED) is 0.272. The van der Waals surface area contributed by atoms with Gasteiger partial charge in [0, 0.05) is 0 Å². The van der Waals surface area contributed by atoms with Gasteiger partial charge in [0.1, 0.15) is 0 Å². The summed E-state index contributed by atoms with van der Waals surface area (Å²) in [6, 6.07) is 38.6. The number of carbonyl (C=O) groups is 1. The molecule has 3 nitrogen and oxygen atoms in total. The molecule has 5 aromatic rings. The number of nitrogens with zero attached hydrogens (tertiary/aromatic N) is 1. The van der Waals surface area contributed by atoms with E-state index in [0.717, 1.165) is 21.2 Å². The summed E-state index contributed by atoms with van der Waals surface area (Å²) >= 11 is -2.63. The molecule has 0 bridgehead atoms. The fourth-order valence-electron chi connectivity index (χ4n) is 4.33. The number of aromatic nitrogens is 1. The zero-order chi connectivity index (χ0) is 23.2. The van der Waals surface area contributed by atoms with Crippen molar-refractivity contribution in [1.82, 2.24) is 4.98 Å². The van der Waals surface area contributed by atoms with E-state index in [1.165, 1.54) is 0 Å². The minimum absolute atomic E-state index is 0.221. The monoisotopic (exact) mass is 569 g/mol. The molecule has 5 rings (SSSR count). The number of pyridine rings is 1. The fourth-order valence-corrected chi connectivity index (χ4v) is 15.9. The summed E-state index contributed by atoms with van der Waals surface area (Å²) in [6.07, 6.45) is 3.46. The average molecular weight is 568 g/mol. The van der Waals surface area contributed by atoms with Gasteiger partial charge in [-0.1, -0.05) is 0 Å². The first-order valence-corrected chi connectivity index (χ1v) is 17.4. The van der Waals surface area contributed by atoms with E-state index in [1.54, 1.807) is 23.7 Å². The van der Waals surface area contributed by atoms with E-state index >= 15 is 0 Å². The van der Waals surface area contributed by atoms with E-state index in [1.807, 2.05) is 84.2 Å². The van der Waals surface area contributed by atoms with Crippen LogP contribution in [0.5, 0.6) is 0 Å². The Bertz CT molecular complexity index is 1230. The van der Waals surface area contributed by atoms with Crippen LogP contribution in [0.15, 0.2) is 133 Å². The number of thiophene rings is 1. The zero-order valence-corrected chi connectivity index (χ0v) is 22.1. The second-order valence-electron chi connectivity index (χ2n) is 7.93. The molecule has 0 aliphatic rings. The Labute approximate surface area is 208 Å². The van der Waals surface area contributed by atoms with Crippen molar-refractivity contribution in [2.45, 2.75) is 5.92 Å². The first-order valence-electron chi connectivity index (χ1n) is 11.1. The van der Waals surface area contributed by atoms with Gasteiger partial charge in [0.05, 0.1) is 0 Å². The zero-order valence-electron chi connectivity index (χ0n) is 18.5. The molecule has 0 fully saturated rings. The molecule has 0 radical (unpaired) electrons. The van der Waals surface area contributed by atoms with Crippen LogP contribution in [-0.2, 0) is 7.87 Å². The molecule has 166 valence electrons. The SMILES string of the molecule is O=C([O][Sn]([c]1ccccc1)([c]1ccccc1)[c]1ccccc1)C(c1ccncc1)c1cccs1. The van der Waals surface area contributed by atoms with Gasteiger partial charge in [-0.05, 0) is 0 Å². The summed E-state index contributed by atoms with van der Waals surface area (Å²) in [5.41, 5.74) is 0.886. The molecule has 0 saturated heterocycles. The van der Waals surface area contributed by atoms with E-state index in [0.29, 0.717) is 0 Å². The van der Waals surface area contributed by atoms with E-state index in [-0.39, 0.29) is 5.97 Å². The molecule has 5 heteroatoms. The third-order valence-corrected chi connectivity index (χ3v) is 18.1. The normalized spacial score (nSPS) is 12.1. The van der Waals surface area contributed by atoms with Crippen molar-refractivity contribution in [3.8, 4) is 0 Å². The van der Waals surface area contributed by atoms with Crippen LogP contribution in [-0.4, -0.2) is 29.7 Å². The number of hydrogen-bond acceptors (Lipinski definition) is 4. The first-order chi connectivity index (χ1) is 16.8. The predicted molar refractivity (Wildman–Crippen MR) is 140 cm³/mol. The molecule has 2 heterocycles. The number of carbonyl (C=O) groups excluding carboxylic acids is 1. The second kappa shape index (κ2) is 10.4. The van der Waals surface area contributed by atoms with Gasteiger partial charge in [0.2, 0.25) is 0 Å². The summed E-state index contributed by atoms with van der Waals surface area (Å²) in [4.78, 5) is 19.3. The molecular weight excluding hydrogens is 545 g/mol. The van der Waals surface area contributed by atoms with Crippen molar-refractivity contribution in [1.29, 1.82) is 0 Å². The van der Waals surface area contributed by atoms with Gasteiger partial charge in [-0.25, -0.2) is 0 Å². The first kappa shape index (κ1) is 22.6. The molecule has 0 N–H and O–H groups in total. The molecule has 1 atom stereocenters. The van der Waals surface area contributed by atoms with Crippen LogP contribution in [0.1, 0.15) is 16.4 Å². The molecule has 0 saturated carbocycles. The number of benzene rings is 3. The van der Waals surface area contributed by atoms with Crippen molar-refractivity contribution in [2.24, 2.45) is 0 Å². The van der Waals surface area contributed by atoms with Crippen molar-refractivity contribution in [3.63, 3.8) is 0 Å². The molecule has 0 aliphatic carbocycles. The van der Waals surface area contributed by atoms with Crippen LogP contribution < -0.4 is 10.7 Å². The summed E-state index contributed by atoms with van der Waals surface area (Å²) in [6.45, 7) is 0. The van der Waals surface area contributed by atoms with Gasteiger partial charge in [0.15, 0.2) is 0 Å². The topological polar surface area (TPSA) is 39.2 Å². The Morgan fingerprint density at radius 2 is 1.18 bits per heavy atom. The predicted octanol–water partition coefficient (Wildman–Crippen LogP) is 4.49. The van der Waals surface area contributed by atoms with E-state index in [2.05, 4.69) is 41.4 Å². The van der Waals surface area contributed by atoms with Crippen LogP contribution in [0.4, 0.5) is 0 Å². The Kier molecular flexibility index (Phi) is 6.88. The summed E-state index contributed by atoms with van der Waals surface area (Å²) in [5, 5.41) is 2.00. The minimum atomic E-state index is -4.20. The Balaban J connectivity index is 1.70. The Morgan fingerprint density at radius 3 is 1.62 bits per heavy atom. The molecule has 0 aliphatic heterocycles. The van der Waals surface area contributed by atoms with E-state index in [9.17, 15) is 4.79 Å². The number of rotatable bonds is 7. The molecule has 0 spiro atoms. The Hall–Kier alpha value is -3.22. The maximum absolute atomic E-state index is 14.2. The molecule has 3 aromatic carbocycles.